The molecule has 0 aromatic heterocycles. The second kappa shape index (κ2) is 6.14. The fourth-order valence-corrected chi connectivity index (χ4v) is 2.11. The molecule has 2 heteroatoms. The molecule has 0 spiro atoms. The van der Waals surface area contributed by atoms with Crippen LogP contribution in [-0.4, -0.2) is 6.21 Å². The third-order valence-corrected chi connectivity index (χ3v) is 3.18. The van der Waals surface area contributed by atoms with Gasteiger partial charge in [0.05, 0.1) is 5.69 Å². The molecule has 3 aromatic carbocycles. The Kier molecular flexibility index (Phi) is 3.88. The first kappa shape index (κ1) is 13.3. The van der Waals surface area contributed by atoms with Crippen LogP contribution in [0.4, 0.5) is 10.1 Å². The summed E-state index contributed by atoms with van der Waals surface area (Å²) in [5, 5.41) is 0. The lowest BCUT2D eigenvalue weighted by atomic mass is 10.0. The number of nitrogens with zero attached hydrogens (tertiary/aromatic N) is 1. The Labute approximate surface area is 123 Å². The molecule has 0 fully saturated rings. The van der Waals surface area contributed by atoms with Gasteiger partial charge in [0.25, 0.3) is 0 Å². The van der Waals surface area contributed by atoms with Crippen LogP contribution in [0, 0.1) is 5.82 Å². The second-order valence-corrected chi connectivity index (χ2v) is 4.73. The molecule has 0 radical (unpaired) electrons. The molecule has 0 unspecified atom stereocenters. The van der Waals surface area contributed by atoms with E-state index in [1.165, 1.54) is 17.7 Å². The van der Waals surface area contributed by atoms with E-state index in [9.17, 15) is 4.39 Å². The van der Waals surface area contributed by atoms with Crippen molar-refractivity contribution in [2.75, 3.05) is 0 Å². The summed E-state index contributed by atoms with van der Waals surface area (Å²) in [4.78, 5) is 4.36. The zero-order valence-electron chi connectivity index (χ0n) is 11.4. The number of benzene rings is 3. The van der Waals surface area contributed by atoms with Crippen molar-refractivity contribution in [3.05, 3.63) is 90.2 Å². The zero-order chi connectivity index (χ0) is 14.5. The van der Waals surface area contributed by atoms with Gasteiger partial charge in [-0.2, -0.15) is 0 Å². The van der Waals surface area contributed by atoms with E-state index in [0.717, 1.165) is 16.8 Å². The van der Waals surface area contributed by atoms with E-state index in [1.807, 2.05) is 30.3 Å². The van der Waals surface area contributed by atoms with E-state index >= 15 is 0 Å². The largest absolute Gasteiger partial charge is 0.256 e. The summed E-state index contributed by atoms with van der Waals surface area (Å²) in [6.07, 6.45) is 1.79. The van der Waals surface area contributed by atoms with E-state index in [0.29, 0.717) is 0 Å². The fourth-order valence-electron chi connectivity index (χ4n) is 2.11. The predicted molar refractivity (Wildman–Crippen MR) is 85.5 cm³/mol. The molecule has 3 rings (SSSR count). The topological polar surface area (TPSA) is 12.4 Å². The lowest BCUT2D eigenvalue weighted by Crippen LogP contribution is -1.83. The normalized spacial score (nSPS) is 10.9. The molecule has 0 aliphatic heterocycles. The van der Waals surface area contributed by atoms with Gasteiger partial charge in [0.15, 0.2) is 0 Å². The predicted octanol–water partition coefficient (Wildman–Crippen LogP) is 5.24. The number of aliphatic imine (C=N–C) groups is 1. The van der Waals surface area contributed by atoms with E-state index in [4.69, 9.17) is 0 Å². The maximum atomic E-state index is 12.8. The van der Waals surface area contributed by atoms with Gasteiger partial charge in [-0.15, -0.1) is 0 Å². The molecular weight excluding hydrogens is 261 g/mol. The zero-order valence-corrected chi connectivity index (χ0v) is 11.4. The molecule has 1 nitrogen and oxygen atoms in total. The Morgan fingerprint density at radius 2 is 1.43 bits per heavy atom. The summed E-state index contributed by atoms with van der Waals surface area (Å²) in [5.74, 6) is -0.250. The van der Waals surface area contributed by atoms with Gasteiger partial charge >= 0.3 is 0 Å². The first-order valence-corrected chi connectivity index (χ1v) is 6.76. The van der Waals surface area contributed by atoms with Crippen LogP contribution < -0.4 is 0 Å². The first-order chi connectivity index (χ1) is 10.3. The maximum absolute atomic E-state index is 12.8. The number of rotatable bonds is 3. The summed E-state index contributed by atoms with van der Waals surface area (Å²) in [7, 11) is 0. The maximum Gasteiger partial charge on any atom is 0.123 e. The van der Waals surface area contributed by atoms with Gasteiger partial charge in [0.2, 0.25) is 0 Å². The van der Waals surface area contributed by atoms with Crippen molar-refractivity contribution in [3.63, 3.8) is 0 Å². The molecule has 0 saturated heterocycles. The summed E-state index contributed by atoms with van der Waals surface area (Å²) >= 11 is 0. The molecule has 0 atom stereocenters. The standard InChI is InChI=1S/C19H14FN/c20-18-9-11-19(12-10-18)21-14-15-5-4-8-17(13-15)16-6-2-1-3-7-16/h1-14H. The minimum atomic E-state index is -0.250. The van der Waals surface area contributed by atoms with Gasteiger partial charge in [-0.3, -0.25) is 4.99 Å². The fraction of sp³-hybridized carbons (Fsp3) is 0. The van der Waals surface area contributed by atoms with Crippen LogP contribution in [0.2, 0.25) is 0 Å². The molecule has 3 aromatic rings. The van der Waals surface area contributed by atoms with Crippen molar-refractivity contribution in [2.45, 2.75) is 0 Å². The van der Waals surface area contributed by atoms with Crippen LogP contribution in [0.1, 0.15) is 5.56 Å². The molecule has 0 heterocycles. The highest BCUT2D eigenvalue weighted by Crippen LogP contribution is 2.20. The smallest absolute Gasteiger partial charge is 0.123 e. The summed E-state index contributed by atoms with van der Waals surface area (Å²) in [6.45, 7) is 0. The first-order valence-electron chi connectivity index (χ1n) is 6.76. The summed E-state index contributed by atoms with van der Waals surface area (Å²) < 4.78 is 12.8. The number of hydrogen-bond acceptors (Lipinski definition) is 1. The van der Waals surface area contributed by atoms with Crippen molar-refractivity contribution in [3.8, 4) is 11.1 Å². The van der Waals surface area contributed by atoms with E-state index in [1.54, 1.807) is 18.3 Å². The molecule has 102 valence electrons. The molecular formula is C19H14FN. The van der Waals surface area contributed by atoms with Crippen LogP contribution in [0.3, 0.4) is 0 Å². The van der Waals surface area contributed by atoms with Gasteiger partial charge < -0.3 is 0 Å². The van der Waals surface area contributed by atoms with Crippen molar-refractivity contribution in [1.29, 1.82) is 0 Å². The average molecular weight is 275 g/mol. The minimum absolute atomic E-state index is 0.250. The quantitative estimate of drug-likeness (QED) is 0.579. The molecule has 0 aliphatic carbocycles. The molecule has 21 heavy (non-hydrogen) atoms. The summed E-state index contributed by atoms with van der Waals surface area (Å²) in [6, 6.07) is 24.5. The molecule has 0 N–H and O–H groups in total. The van der Waals surface area contributed by atoms with Crippen LogP contribution in [0.5, 0.6) is 0 Å². The van der Waals surface area contributed by atoms with Gasteiger partial charge in [-0.05, 0) is 47.0 Å². The lowest BCUT2D eigenvalue weighted by Gasteiger charge is -2.02. The van der Waals surface area contributed by atoms with Crippen LogP contribution in [-0.2, 0) is 0 Å². The number of halogens is 1. The lowest BCUT2D eigenvalue weighted by molar-refractivity contribution is 0.628. The molecule has 0 amide bonds. The highest BCUT2D eigenvalue weighted by Gasteiger charge is 1.97. The Bertz CT molecular complexity index is 746. The molecule has 0 saturated carbocycles. The van der Waals surface area contributed by atoms with Crippen molar-refractivity contribution in [2.24, 2.45) is 4.99 Å². The molecule has 0 bridgehead atoms. The Balaban J connectivity index is 1.85. The van der Waals surface area contributed by atoms with E-state index in [2.05, 4.69) is 29.3 Å². The Morgan fingerprint density at radius 3 is 2.19 bits per heavy atom. The van der Waals surface area contributed by atoms with Crippen molar-refractivity contribution >= 4 is 11.9 Å². The highest BCUT2D eigenvalue weighted by atomic mass is 19.1. The summed E-state index contributed by atoms with van der Waals surface area (Å²) in [5.41, 5.74) is 4.08. The minimum Gasteiger partial charge on any atom is -0.256 e. The van der Waals surface area contributed by atoms with Gasteiger partial charge in [0.1, 0.15) is 5.82 Å². The monoisotopic (exact) mass is 275 g/mol. The number of hydrogen-bond donors (Lipinski definition) is 0. The van der Waals surface area contributed by atoms with Crippen molar-refractivity contribution in [1.82, 2.24) is 0 Å². The van der Waals surface area contributed by atoms with Crippen LogP contribution in [0.15, 0.2) is 83.9 Å². The van der Waals surface area contributed by atoms with Crippen LogP contribution >= 0.6 is 0 Å². The van der Waals surface area contributed by atoms with E-state index < -0.39 is 0 Å². The van der Waals surface area contributed by atoms with Crippen LogP contribution in [0.25, 0.3) is 11.1 Å². The van der Waals surface area contributed by atoms with E-state index in [-0.39, 0.29) is 5.82 Å². The second-order valence-electron chi connectivity index (χ2n) is 4.73. The Morgan fingerprint density at radius 1 is 0.714 bits per heavy atom. The van der Waals surface area contributed by atoms with Gasteiger partial charge in [-0.25, -0.2) is 4.39 Å². The average Bonchev–Trinajstić information content (AvgIpc) is 2.55. The highest BCUT2D eigenvalue weighted by molar-refractivity contribution is 5.84. The van der Waals surface area contributed by atoms with Crippen molar-refractivity contribution < 1.29 is 4.39 Å². The molecule has 0 aliphatic rings. The SMILES string of the molecule is Fc1ccc(N=Cc2cccc(-c3ccccc3)c2)cc1. The van der Waals surface area contributed by atoms with Gasteiger partial charge in [0, 0.05) is 6.21 Å². The van der Waals surface area contributed by atoms with Gasteiger partial charge in [-0.1, -0.05) is 48.5 Å². The third-order valence-electron chi connectivity index (χ3n) is 3.18. The Hall–Kier alpha value is -2.74. The third kappa shape index (κ3) is 3.42.